The highest BCUT2D eigenvalue weighted by atomic mass is 31.2. The van der Waals surface area contributed by atoms with Crippen molar-refractivity contribution in [1.29, 1.82) is 0 Å². The fraction of sp³-hybridized carbons (Fsp3) is 0.661. The molecule has 0 aliphatic heterocycles. The molecule has 1 amide bonds. The number of hydrogen-bond acceptors (Lipinski definition) is 8. The second-order valence-corrected chi connectivity index (χ2v) is 18.8. The molecule has 3 atom stereocenters. The van der Waals surface area contributed by atoms with Gasteiger partial charge in [-0.25, -0.2) is 9.36 Å². The minimum absolute atomic E-state index is 0.135. The molecule has 11 nitrogen and oxygen atoms in total. The Labute approximate surface area is 413 Å². The first-order chi connectivity index (χ1) is 33.1. The number of esters is 1. The molecule has 0 rings (SSSR count). The van der Waals surface area contributed by atoms with Crippen LogP contribution in [0.5, 0.6) is 0 Å². The van der Waals surface area contributed by atoms with Crippen molar-refractivity contribution in [3.05, 3.63) is 97.2 Å². The zero-order valence-corrected chi connectivity index (χ0v) is 43.3. The second-order valence-electron chi connectivity index (χ2n) is 17.3. The lowest BCUT2D eigenvalue weighted by atomic mass is 10.0. The third-order valence-corrected chi connectivity index (χ3v) is 11.8. The van der Waals surface area contributed by atoms with Crippen LogP contribution in [0.25, 0.3) is 0 Å². The van der Waals surface area contributed by atoms with Crippen LogP contribution in [0.15, 0.2) is 97.2 Å². The van der Waals surface area contributed by atoms with E-state index in [2.05, 4.69) is 116 Å². The van der Waals surface area contributed by atoms with Gasteiger partial charge < -0.3 is 25.2 Å². The number of carbonyl (C=O) groups excluding carboxylic acids is 2. The number of hydrogen-bond donors (Lipinski definition) is 4. The fourth-order valence-corrected chi connectivity index (χ4v) is 7.59. The Bertz CT molecular complexity index is 1510. The number of carboxylic acids is 1. The van der Waals surface area contributed by atoms with Crippen molar-refractivity contribution >= 4 is 25.7 Å². The van der Waals surface area contributed by atoms with Crippen LogP contribution in [0.4, 0.5) is 0 Å². The Hall–Kier alpha value is -3.60. The molecule has 0 aliphatic rings. The zero-order chi connectivity index (χ0) is 49.9. The highest BCUT2D eigenvalue weighted by Crippen LogP contribution is 2.43. The largest absolute Gasteiger partial charge is 0.480 e. The first-order valence-electron chi connectivity index (χ1n) is 26.3. The second kappa shape index (κ2) is 49.8. The van der Waals surface area contributed by atoms with Crippen LogP contribution in [0.1, 0.15) is 206 Å². The highest BCUT2D eigenvalue weighted by molar-refractivity contribution is 7.47. The standard InChI is InChI=1S/C56H94NO10P/c1-3-5-7-9-11-13-15-17-19-21-23-25-26-28-29-31-33-35-37-39-41-43-45-47-54(59)57-53(56(61)62)51-67-68(63,64)66-50-52(58)49-65-55(60)48-46-44-42-40-38-36-34-32-30-27-24-22-20-18-16-14-12-10-8-6-4-2/h6,8,11-14,17-20,23-25,27,32,34,52-53,58H,3-5,7,9-10,15-16,21-22,26,28-31,33,35-51H2,1-2H3,(H,57,59)(H,61,62)(H,63,64)/b8-6-,13-11-,14-12-,19-17-,20-18-,25-23-,27-24-,34-32-. The molecule has 388 valence electrons. The molecule has 0 aromatic rings. The number of allylic oxidation sites excluding steroid dienone is 16. The topological polar surface area (TPSA) is 169 Å². The number of amides is 1. The van der Waals surface area contributed by atoms with E-state index in [0.29, 0.717) is 12.8 Å². The van der Waals surface area contributed by atoms with Crippen LogP contribution < -0.4 is 5.32 Å². The van der Waals surface area contributed by atoms with Crippen LogP contribution in [0.2, 0.25) is 0 Å². The van der Waals surface area contributed by atoms with Gasteiger partial charge in [0, 0.05) is 12.8 Å². The number of aliphatic hydroxyl groups excluding tert-OH is 1. The van der Waals surface area contributed by atoms with Gasteiger partial charge in [0.2, 0.25) is 5.91 Å². The molecule has 0 bridgehead atoms. The number of phosphoric ester groups is 1. The van der Waals surface area contributed by atoms with E-state index < -0.39 is 57.6 Å². The number of aliphatic hydroxyl groups is 1. The summed E-state index contributed by atoms with van der Waals surface area (Å²) in [6.07, 6.45) is 64.2. The fourth-order valence-electron chi connectivity index (χ4n) is 6.82. The number of aliphatic carboxylic acids is 1. The Morgan fingerprint density at radius 3 is 1.28 bits per heavy atom. The van der Waals surface area contributed by atoms with Crippen LogP contribution in [0, 0.1) is 0 Å². The molecule has 3 unspecified atom stereocenters. The molecular formula is C56H94NO10P. The van der Waals surface area contributed by atoms with E-state index in [1.807, 2.05) is 0 Å². The van der Waals surface area contributed by atoms with Gasteiger partial charge in [0.1, 0.15) is 12.7 Å². The average molecular weight is 972 g/mol. The Morgan fingerprint density at radius 1 is 0.485 bits per heavy atom. The number of phosphoric acid groups is 1. The maximum atomic E-state index is 12.4. The van der Waals surface area contributed by atoms with E-state index in [-0.39, 0.29) is 12.8 Å². The normalized spacial score (nSPS) is 14.3. The van der Waals surface area contributed by atoms with E-state index in [1.54, 1.807) is 0 Å². The van der Waals surface area contributed by atoms with Gasteiger partial charge in [-0.3, -0.25) is 18.6 Å². The molecule has 0 heterocycles. The third-order valence-electron chi connectivity index (χ3n) is 10.9. The van der Waals surface area contributed by atoms with Gasteiger partial charge in [-0.2, -0.15) is 0 Å². The first-order valence-corrected chi connectivity index (χ1v) is 27.8. The molecule has 0 saturated heterocycles. The van der Waals surface area contributed by atoms with Gasteiger partial charge in [-0.15, -0.1) is 0 Å². The molecule has 0 radical (unpaired) electrons. The predicted octanol–water partition coefficient (Wildman–Crippen LogP) is 14.8. The number of nitrogens with one attached hydrogen (secondary N) is 1. The van der Waals surface area contributed by atoms with Gasteiger partial charge in [-0.05, 0) is 96.3 Å². The summed E-state index contributed by atoms with van der Waals surface area (Å²) in [7, 11) is -4.78. The van der Waals surface area contributed by atoms with Crippen LogP contribution in [-0.4, -0.2) is 64.9 Å². The predicted molar refractivity (Wildman–Crippen MR) is 281 cm³/mol. The van der Waals surface area contributed by atoms with E-state index in [9.17, 15) is 34.1 Å². The highest BCUT2D eigenvalue weighted by Gasteiger charge is 2.28. The van der Waals surface area contributed by atoms with Crippen molar-refractivity contribution in [3.8, 4) is 0 Å². The smallest absolute Gasteiger partial charge is 0.472 e. The summed E-state index contributed by atoms with van der Waals surface area (Å²) >= 11 is 0. The monoisotopic (exact) mass is 972 g/mol. The number of carbonyl (C=O) groups is 3. The minimum Gasteiger partial charge on any atom is -0.480 e. The van der Waals surface area contributed by atoms with E-state index >= 15 is 0 Å². The van der Waals surface area contributed by atoms with Gasteiger partial charge in [-0.1, -0.05) is 195 Å². The van der Waals surface area contributed by atoms with E-state index in [1.165, 1.54) is 57.8 Å². The van der Waals surface area contributed by atoms with E-state index in [4.69, 9.17) is 13.8 Å². The Kier molecular flexibility index (Phi) is 47.2. The van der Waals surface area contributed by atoms with Gasteiger partial charge in [0.15, 0.2) is 6.04 Å². The lowest BCUT2D eigenvalue weighted by molar-refractivity contribution is -0.147. The summed E-state index contributed by atoms with van der Waals surface area (Å²) < 4.78 is 27.0. The molecule has 12 heteroatoms. The molecule has 68 heavy (non-hydrogen) atoms. The maximum absolute atomic E-state index is 12.4. The zero-order valence-electron chi connectivity index (χ0n) is 42.4. The average Bonchev–Trinajstić information content (AvgIpc) is 3.32. The quantitative estimate of drug-likeness (QED) is 0.0199. The van der Waals surface area contributed by atoms with Crippen LogP contribution in [0.3, 0.4) is 0 Å². The Balaban J connectivity index is 3.88. The first kappa shape index (κ1) is 64.4. The van der Waals surface area contributed by atoms with Gasteiger partial charge in [0.25, 0.3) is 0 Å². The maximum Gasteiger partial charge on any atom is 0.472 e. The lowest BCUT2D eigenvalue weighted by Gasteiger charge is -2.18. The molecule has 0 aromatic heterocycles. The molecule has 0 aliphatic carbocycles. The van der Waals surface area contributed by atoms with Crippen molar-refractivity contribution in [2.75, 3.05) is 19.8 Å². The molecule has 0 aromatic carbocycles. The van der Waals surface area contributed by atoms with Crippen LogP contribution in [-0.2, 0) is 32.7 Å². The number of ether oxygens (including phenoxy) is 1. The van der Waals surface area contributed by atoms with Crippen molar-refractivity contribution in [3.63, 3.8) is 0 Å². The summed E-state index contributed by atoms with van der Waals surface area (Å²) in [5.41, 5.74) is 0. The Morgan fingerprint density at radius 2 is 0.853 bits per heavy atom. The van der Waals surface area contributed by atoms with Crippen molar-refractivity contribution in [1.82, 2.24) is 5.32 Å². The molecule has 4 N–H and O–H groups in total. The minimum atomic E-state index is -4.78. The van der Waals surface area contributed by atoms with Crippen molar-refractivity contribution in [2.45, 2.75) is 219 Å². The van der Waals surface area contributed by atoms with Gasteiger partial charge >= 0.3 is 19.8 Å². The molecule has 0 saturated carbocycles. The molecular weight excluding hydrogens is 878 g/mol. The van der Waals surface area contributed by atoms with Crippen LogP contribution >= 0.6 is 7.82 Å². The summed E-state index contributed by atoms with van der Waals surface area (Å²) in [5, 5.41) is 21.9. The van der Waals surface area contributed by atoms with Crippen molar-refractivity contribution in [2.24, 2.45) is 0 Å². The number of rotatable bonds is 48. The van der Waals surface area contributed by atoms with Crippen molar-refractivity contribution < 1.29 is 47.8 Å². The number of unbranched alkanes of at least 4 members (excludes halogenated alkanes) is 18. The van der Waals surface area contributed by atoms with E-state index in [0.717, 1.165) is 109 Å². The number of carboxylic acid groups (broad SMARTS) is 1. The summed E-state index contributed by atoms with van der Waals surface area (Å²) in [5.74, 6) is -2.41. The third kappa shape index (κ3) is 48.8. The summed E-state index contributed by atoms with van der Waals surface area (Å²) in [4.78, 5) is 46.2. The lowest BCUT2D eigenvalue weighted by Crippen LogP contribution is -2.43. The summed E-state index contributed by atoms with van der Waals surface area (Å²) in [6.45, 7) is 2.44. The SMILES string of the molecule is CC/C=C\C/C=C\C/C=C\C/C=C\C/C=C\CCCCCCCC(=O)OCC(O)COP(=O)(O)OCC(NC(=O)CCCCCCCCCCCC/C=C\C/C=C\C/C=C\CCCCC)C(=O)O. The summed E-state index contributed by atoms with van der Waals surface area (Å²) in [6, 6.07) is -1.56. The molecule has 0 spiro atoms. The molecule has 0 fully saturated rings. The van der Waals surface area contributed by atoms with Gasteiger partial charge in [0.05, 0.1) is 13.2 Å².